The second kappa shape index (κ2) is 6.61. The summed E-state index contributed by atoms with van der Waals surface area (Å²) < 4.78 is 2.01. The van der Waals surface area contributed by atoms with E-state index >= 15 is 0 Å². The standard InChI is InChI=1S/C18H17N5O2/c1-11(2)8-23-9-12(7-19)14-4-3-13(5-16(14)23)22-18(25)15-6-17(24)21-10-20-15/h3-6,9-11H,8H2,1-2H3,(H,22,25)(H,20,21,24). The lowest BCUT2D eigenvalue weighted by molar-refractivity contribution is 0.102. The molecule has 126 valence electrons. The van der Waals surface area contributed by atoms with Gasteiger partial charge in [-0.05, 0) is 24.1 Å². The molecule has 0 aliphatic heterocycles. The van der Waals surface area contributed by atoms with Gasteiger partial charge in [-0.3, -0.25) is 9.59 Å². The number of carbonyl (C=O) groups is 1. The highest BCUT2D eigenvalue weighted by atomic mass is 16.2. The van der Waals surface area contributed by atoms with E-state index in [1.807, 2.05) is 22.9 Å². The van der Waals surface area contributed by atoms with Gasteiger partial charge in [0.05, 0.1) is 17.4 Å². The predicted molar refractivity (Wildman–Crippen MR) is 94.3 cm³/mol. The van der Waals surface area contributed by atoms with Gasteiger partial charge in [0, 0.05) is 29.9 Å². The number of nitrogens with zero attached hydrogens (tertiary/aromatic N) is 3. The maximum Gasteiger partial charge on any atom is 0.274 e. The number of nitrogens with one attached hydrogen (secondary N) is 2. The fourth-order valence-electron chi connectivity index (χ4n) is 2.69. The van der Waals surface area contributed by atoms with Crippen molar-refractivity contribution in [3.05, 3.63) is 58.4 Å². The number of amides is 1. The van der Waals surface area contributed by atoms with Crippen molar-refractivity contribution in [1.29, 1.82) is 5.26 Å². The SMILES string of the molecule is CC(C)Cn1cc(C#N)c2ccc(NC(=O)c3cc(=O)[nH]cn3)cc21. The van der Waals surface area contributed by atoms with Crippen molar-refractivity contribution in [2.75, 3.05) is 5.32 Å². The van der Waals surface area contributed by atoms with Crippen molar-refractivity contribution in [2.45, 2.75) is 20.4 Å². The number of hydrogen-bond donors (Lipinski definition) is 2. The third kappa shape index (κ3) is 3.43. The zero-order valence-electron chi connectivity index (χ0n) is 13.9. The van der Waals surface area contributed by atoms with Crippen LogP contribution in [0.4, 0.5) is 5.69 Å². The van der Waals surface area contributed by atoms with Crippen LogP contribution in [0, 0.1) is 17.2 Å². The molecule has 0 saturated carbocycles. The Morgan fingerprint density at radius 2 is 2.20 bits per heavy atom. The zero-order valence-corrected chi connectivity index (χ0v) is 13.9. The van der Waals surface area contributed by atoms with E-state index in [0.717, 1.165) is 23.5 Å². The van der Waals surface area contributed by atoms with Crippen LogP contribution in [-0.2, 0) is 6.54 Å². The molecule has 0 fully saturated rings. The summed E-state index contributed by atoms with van der Waals surface area (Å²) in [5.74, 6) is -0.0476. The molecular weight excluding hydrogens is 318 g/mol. The Morgan fingerprint density at radius 3 is 2.88 bits per heavy atom. The minimum absolute atomic E-state index is 0.0409. The third-order valence-corrected chi connectivity index (χ3v) is 3.73. The fourth-order valence-corrected chi connectivity index (χ4v) is 2.69. The van der Waals surface area contributed by atoms with Crippen molar-refractivity contribution in [2.24, 2.45) is 5.92 Å². The summed E-state index contributed by atoms with van der Waals surface area (Å²) in [6, 6.07) is 8.71. The second-order valence-corrected chi connectivity index (χ2v) is 6.18. The first-order valence-corrected chi connectivity index (χ1v) is 7.87. The van der Waals surface area contributed by atoms with Gasteiger partial charge < -0.3 is 14.9 Å². The third-order valence-electron chi connectivity index (χ3n) is 3.73. The molecule has 0 unspecified atom stereocenters. The van der Waals surface area contributed by atoms with E-state index in [2.05, 4.69) is 35.2 Å². The molecule has 0 spiro atoms. The van der Waals surface area contributed by atoms with E-state index in [4.69, 9.17) is 0 Å². The number of benzene rings is 1. The molecule has 25 heavy (non-hydrogen) atoms. The molecule has 2 N–H and O–H groups in total. The summed E-state index contributed by atoms with van der Waals surface area (Å²) in [5, 5.41) is 12.9. The molecule has 2 aromatic heterocycles. The number of H-pyrrole nitrogens is 1. The summed E-state index contributed by atoms with van der Waals surface area (Å²) in [4.78, 5) is 29.8. The van der Waals surface area contributed by atoms with Crippen molar-refractivity contribution in [3.63, 3.8) is 0 Å². The van der Waals surface area contributed by atoms with Crippen LogP contribution < -0.4 is 10.9 Å². The van der Waals surface area contributed by atoms with E-state index < -0.39 is 5.91 Å². The second-order valence-electron chi connectivity index (χ2n) is 6.18. The van der Waals surface area contributed by atoms with Crippen LogP contribution in [0.1, 0.15) is 29.9 Å². The van der Waals surface area contributed by atoms with E-state index in [9.17, 15) is 14.9 Å². The fraction of sp³-hybridized carbons (Fsp3) is 0.222. The van der Waals surface area contributed by atoms with Gasteiger partial charge in [0.25, 0.3) is 11.5 Å². The number of fused-ring (bicyclic) bond motifs is 1. The molecule has 1 amide bonds. The number of aromatic nitrogens is 3. The van der Waals surface area contributed by atoms with Crippen LogP contribution >= 0.6 is 0 Å². The smallest absolute Gasteiger partial charge is 0.274 e. The van der Waals surface area contributed by atoms with Gasteiger partial charge in [0.1, 0.15) is 11.8 Å². The highest BCUT2D eigenvalue weighted by molar-refractivity contribution is 6.04. The number of rotatable bonds is 4. The average molecular weight is 335 g/mol. The lowest BCUT2D eigenvalue weighted by atomic mass is 10.1. The Kier molecular flexibility index (Phi) is 4.35. The minimum Gasteiger partial charge on any atom is -0.346 e. The molecule has 7 heteroatoms. The van der Waals surface area contributed by atoms with Crippen molar-refractivity contribution in [3.8, 4) is 6.07 Å². The topological polar surface area (TPSA) is 104 Å². The molecule has 3 aromatic rings. The first-order valence-electron chi connectivity index (χ1n) is 7.87. The largest absolute Gasteiger partial charge is 0.346 e. The molecule has 0 saturated heterocycles. The van der Waals surface area contributed by atoms with Crippen LogP contribution in [0.5, 0.6) is 0 Å². The molecule has 1 aromatic carbocycles. The van der Waals surface area contributed by atoms with Crippen LogP contribution in [0.3, 0.4) is 0 Å². The average Bonchev–Trinajstić information content (AvgIpc) is 2.91. The summed E-state index contributed by atoms with van der Waals surface area (Å²) in [7, 11) is 0. The molecule has 7 nitrogen and oxygen atoms in total. The van der Waals surface area contributed by atoms with Gasteiger partial charge in [-0.1, -0.05) is 13.8 Å². The Bertz CT molecular complexity index is 1040. The lowest BCUT2D eigenvalue weighted by Crippen LogP contribution is -2.17. The Balaban J connectivity index is 1.96. The molecule has 0 aliphatic rings. The Morgan fingerprint density at radius 1 is 1.40 bits per heavy atom. The lowest BCUT2D eigenvalue weighted by Gasteiger charge is -2.10. The van der Waals surface area contributed by atoms with Crippen LogP contribution in [0.15, 0.2) is 41.6 Å². The summed E-state index contributed by atoms with van der Waals surface area (Å²) in [6.45, 7) is 4.97. The number of hydrogen-bond acceptors (Lipinski definition) is 4. The zero-order chi connectivity index (χ0) is 18.0. The van der Waals surface area contributed by atoms with Gasteiger partial charge >= 0.3 is 0 Å². The first-order chi connectivity index (χ1) is 12.0. The highest BCUT2D eigenvalue weighted by Gasteiger charge is 2.12. The maximum atomic E-state index is 12.2. The predicted octanol–water partition coefficient (Wildman–Crippen LogP) is 2.50. The van der Waals surface area contributed by atoms with Crippen molar-refractivity contribution in [1.82, 2.24) is 14.5 Å². The quantitative estimate of drug-likeness (QED) is 0.764. The van der Waals surface area contributed by atoms with Crippen LogP contribution in [0.2, 0.25) is 0 Å². The molecule has 0 bridgehead atoms. The minimum atomic E-state index is -0.465. The normalized spacial score (nSPS) is 10.8. The Hall–Kier alpha value is -3.40. The summed E-state index contributed by atoms with van der Waals surface area (Å²) >= 11 is 0. The molecule has 0 radical (unpaired) electrons. The Labute approximate surface area is 143 Å². The van der Waals surface area contributed by atoms with Crippen LogP contribution in [0.25, 0.3) is 10.9 Å². The molecule has 0 aliphatic carbocycles. The van der Waals surface area contributed by atoms with E-state index in [1.165, 1.54) is 6.33 Å². The summed E-state index contributed by atoms with van der Waals surface area (Å²) in [5.41, 5.74) is 1.71. The monoisotopic (exact) mass is 335 g/mol. The van der Waals surface area contributed by atoms with E-state index in [1.54, 1.807) is 6.07 Å². The van der Waals surface area contributed by atoms with Gasteiger partial charge in [0.2, 0.25) is 0 Å². The van der Waals surface area contributed by atoms with Gasteiger partial charge in [-0.25, -0.2) is 4.98 Å². The summed E-state index contributed by atoms with van der Waals surface area (Å²) in [6.07, 6.45) is 3.02. The van der Waals surface area contributed by atoms with E-state index in [-0.39, 0.29) is 11.3 Å². The molecule has 0 atom stereocenters. The molecule has 2 heterocycles. The van der Waals surface area contributed by atoms with E-state index in [0.29, 0.717) is 17.2 Å². The highest BCUT2D eigenvalue weighted by Crippen LogP contribution is 2.25. The van der Waals surface area contributed by atoms with Crippen molar-refractivity contribution >= 4 is 22.5 Å². The van der Waals surface area contributed by atoms with Gasteiger partial charge in [0.15, 0.2) is 0 Å². The van der Waals surface area contributed by atoms with Gasteiger partial charge in [-0.2, -0.15) is 5.26 Å². The number of anilines is 1. The first kappa shape index (κ1) is 16.5. The van der Waals surface area contributed by atoms with Crippen molar-refractivity contribution < 1.29 is 4.79 Å². The van der Waals surface area contributed by atoms with Crippen LogP contribution in [-0.4, -0.2) is 20.4 Å². The number of aromatic amines is 1. The molecular formula is C18H17N5O2. The number of nitriles is 1. The maximum absolute atomic E-state index is 12.2. The van der Waals surface area contributed by atoms with Gasteiger partial charge in [-0.15, -0.1) is 0 Å². The molecule has 3 rings (SSSR count). The number of carbonyl (C=O) groups excluding carboxylic acids is 1.